The highest BCUT2D eigenvalue weighted by Gasteiger charge is 2.37. The van der Waals surface area contributed by atoms with Crippen LogP contribution in [0.15, 0.2) is 27.6 Å². The fourth-order valence-electron chi connectivity index (χ4n) is 2.22. The van der Waals surface area contributed by atoms with Crippen molar-refractivity contribution in [1.82, 2.24) is 5.32 Å². The molecule has 2 rings (SSSR count). The molecule has 2 unspecified atom stereocenters. The maximum absolute atomic E-state index is 12.1. The van der Waals surface area contributed by atoms with Gasteiger partial charge in [-0.15, -0.1) is 0 Å². The van der Waals surface area contributed by atoms with E-state index in [1.807, 2.05) is 0 Å². The fraction of sp³-hybridized carbons (Fsp3) is 0.462. The Labute approximate surface area is 127 Å². The van der Waals surface area contributed by atoms with E-state index in [4.69, 9.17) is 5.14 Å². The Morgan fingerprint density at radius 1 is 1.45 bits per heavy atom. The van der Waals surface area contributed by atoms with Gasteiger partial charge in [0.15, 0.2) is 0 Å². The van der Waals surface area contributed by atoms with E-state index in [2.05, 4.69) is 28.2 Å². The van der Waals surface area contributed by atoms with Crippen molar-refractivity contribution >= 4 is 31.9 Å². The van der Waals surface area contributed by atoms with Crippen molar-refractivity contribution in [2.24, 2.45) is 11.1 Å². The van der Waals surface area contributed by atoms with Gasteiger partial charge in [0, 0.05) is 16.1 Å². The van der Waals surface area contributed by atoms with E-state index in [1.165, 1.54) is 12.1 Å². The van der Waals surface area contributed by atoms with E-state index >= 15 is 0 Å². The van der Waals surface area contributed by atoms with Crippen molar-refractivity contribution in [2.45, 2.75) is 37.1 Å². The Hall–Kier alpha value is -0.920. The molecule has 0 aliphatic heterocycles. The summed E-state index contributed by atoms with van der Waals surface area (Å²) >= 11 is 3.19. The van der Waals surface area contributed by atoms with E-state index in [0.29, 0.717) is 16.0 Å². The van der Waals surface area contributed by atoms with E-state index < -0.39 is 10.0 Å². The van der Waals surface area contributed by atoms with Gasteiger partial charge in [-0.25, -0.2) is 13.6 Å². The number of halogens is 1. The van der Waals surface area contributed by atoms with Crippen molar-refractivity contribution in [3.05, 3.63) is 28.2 Å². The highest BCUT2D eigenvalue weighted by atomic mass is 79.9. The number of nitrogens with one attached hydrogen (secondary N) is 1. The molecular weight excluding hydrogens is 344 g/mol. The molecule has 1 amide bonds. The van der Waals surface area contributed by atoms with Crippen molar-refractivity contribution in [3.8, 4) is 0 Å². The number of nitrogens with two attached hydrogens (primary N) is 1. The maximum atomic E-state index is 12.1. The molecule has 20 heavy (non-hydrogen) atoms. The third kappa shape index (κ3) is 3.80. The first-order chi connectivity index (χ1) is 9.31. The lowest BCUT2D eigenvalue weighted by Gasteiger charge is -2.07. The average Bonchev–Trinajstić information content (AvgIpc) is 3.05. The van der Waals surface area contributed by atoms with E-state index in [-0.39, 0.29) is 16.8 Å². The monoisotopic (exact) mass is 360 g/mol. The van der Waals surface area contributed by atoms with Gasteiger partial charge in [-0.3, -0.25) is 4.79 Å². The second kappa shape index (κ2) is 5.83. The second-order valence-electron chi connectivity index (χ2n) is 5.09. The first-order valence-corrected chi connectivity index (χ1v) is 8.79. The number of carbonyl (C=O) groups excluding carboxylic acids is 1. The SMILES string of the molecule is CCCC1CC1NC(=O)c1cc(Br)cc(S(N)(=O)=O)c1. The Bertz CT molecular complexity index is 631. The summed E-state index contributed by atoms with van der Waals surface area (Å²) in [7, 11) is -3.82. The number of hydrogen-bond acceptors (Lipinski definition) is 3. The molecule has 0 heterocycles. The molecule has 1 saturated carbocycles. The van der Waals surface area contributed by atoms with E-state index in [1.54, 1.807) is 6.07 Å². The van der Waals surface area contributed by atoms with Gasteiger partial charge in [-0.05, 0) is 37.0 Å². The van der Waals surface area contributed by atoms with E-state index in [9.17, 15) is 13.2 Å². The zero-order chi connectivity index (χ0) is 14.9. The van der Waals surface area contributed by atoms with Crippen LogP contribution in [0.2, 0.25) is 0 Å². The van der Waals surface area contributed by atoms with Crippen LogP contribution in [-0.2, 0) is 10.0 Å². The van der Waals surface area contributed by atoms with Crippen LogP contribution in [0, 0.1) is 5.92 Å². The summed E-state index contributed by atoms with van der Waals surface area (Å²) < 4.78 is 23.2. The molecule has 1 aromatic rings. The fourth-order valence-corrected chi connectivity index (χ4v) is 3.45. The first-order valence-electron chi connectivity index (χ1n) is 6.45. The predicted octanol–water partition coefficient (Wildman–Crippen LogP) is 2.01. The molecule has 110 valence electrons. The molecule has 0 spiro atoms. The molecule has 3 N–H and O–H groups in total. The van der Waals surface area contributed by atoms with Crippen LogP contribution in [0.25, 0.3) is 0 Å². The molecule has 2 atom stereocenters. The van der Waals surface area contributed by atoms with Gasteiger partial charge in [0.1, 0.15) is 0 Å². The largest absolute Gasteiger partial charge is 0.349 e. The zero-order valence-corrected chi connectivity index (χ0v) is 13.5. The van der Waals surface area contributed by atoms with Crippen molar-refractivity contribution < 1.29 is 13.2 Å². The molecular formula is C13H17BrN2O3S. The molecule has 7 heteroatoms. The van der Waals surface area contributed by atoms with E-state index in [0.717, 1.165) is 19.3 Å². The smallest absolute Gasteiger partial charge is 0.251 e. The first kappa shape index (κ1) is 15.5. The third-order valence-electron chi connectivity index (χ3n) is 3.36. The number of rotatable bonds is 5. The summed E-state index contributed by atoms with van der Waals surface area (Å²) in [6.07, 6.45) is 3.20. The quantitative estimate of drug-likeness (QED) is 0.841. The second-order valence-corrected chi connectivity index (χ2v) is 7.56. The van der Waals surface area contributed by atoms with Gasteiger partial charge < -0.3 is 5.32 Å². The standard InChI is InChI=1S/C13H17BrN2O3S/c1-2-3-8-6-12(8)16-13(17)9-4-10(14)7-11(5-9)20(15,18)19/h4-5,7-8,12H,2-3,6H2,1H3,(H,16,17)(H2,15,18,19). The highest BCUT2D eigenvalue weighted by Crippen LogP contribution is 2.34. The summed E-state index contributed by atoms with van der Waals surface area (Å²) in [5.41, 5.74) is 0.297. The highest BCUT2D eigenvalue weighted by molar-refractivity contribution is 9.10. The lowest BCUT2D eigenvalue weighted by Crippen LogP contribution is -2.27. The number of benzene rings is 1. The van der Waals surface area contributed by atoms with Crippen LogP contribution in [0.3, 0.4) is 0 Å². The molecule has 0 saturated heterocycles. The van der Waals surface area contributed by atoms with Gasteiger partial charge in [0.25, 0.3) is 5.91 Å². The maximum Gasteiger partial charge on any atom is 0.251 e. The number of primary sulfonamides is 1. The lowest BCUT2D eigenvalue weighted by molar-refractivity contribution is 0.0948. The summed E-state index contributed by atoms with van der Waals surface area (Å²) in [6.45, 7) is 2.11. The van der Waals surface area contributed by atoms with Gasteiger partial charge in [-0.2, -0.15) is 0 Å². The molecule has 1 aromatic carbocycles. The summed E-state index contributed by atoms with van der Waals surface area (Å²) in [4.78, 5) is 12.0. The van der Waals surface area contributed by atoms with Crippen molar-refractivity contribution in [1.29, 1.82) is 0 Å². The molecule has 1 fully saturated rings. The predicted molar refractivity (Wildman–Crippen MR) is 79.8 cm³/mol. The van der Waals surface area contributed by atoms with Crippen LogP contribution in [0.1, 0.15) is 36.5 Å². The summed E-state index contributed by atoms with van der Waals surface area (Å²) in [5.74, 6) is 0.286. The minimum Gasteiger partial charge on any atom is -0.349 e. The van der Waals surface area contributed by atoms with Crippen LogP contribution in [0.4, 0.5) is 0 Å². The van der Waals surface area contributed by atoms with Crippen LogP contribution >= 0.6 is 15.9 Å². The molecule has 1 aliphatic rings. The zero-order valence-electron chi connectivity index (χ0n) is 11.1. The Balaban J connectivity index is 2.13. The molecule has 0 radical (unpaired) electrons. The van der Waals surface area contributed by atoms with Crippen molar-refractivity contribution in [3.63, 3.8) is 0 Å². The average molecular weight is 361 g/mol. The van der Waals surface area contributed by atoms with Crippen LogP contribution in [-0.4, -0.2) is 20.4 Å². The summed E-state index contributed by atoms with van der Waals surface area (Å²) in [5, 5.41) is 8.01. The Kier molecular flexibility index (Phi) is 4.51. The van der Waals surface area contributed by atoms with Gasteiger partial charge in [-0.1, -0.05) is 29.3 Å². The van der Waals surface area contributed by atoms with Crippen molar-refractivity contribution in [2.75, 3.05) is 0 Å². The normalized spacial score (nSPS) is 21.6. The number of amides is 1. The van der Waals surface area contributed by atoms with Gasteiger partial charge >= 0.3 is 0 Å². The minimum atomic E-state index is -3.82. The molecule has 0 bridgehead atoms. The van der Waals surface area contributed by atoms with Crippen LogP contribution in [0.5, 0.6) is 0 Å². The topological polar surface area (TPSA) is 89.3 Å². The number of carbonyl (C=O) groups is 1. The molecule has 1 aliphatic carbocycles. The third-order valence-corrected chi connectivity index (χ3v) is 4.71. The molecule has 0 aromatic heterocycles. The van der Waals surface area contributed by atoms with Gasteiger partial charge in [0.2, 0.25) is 10.0 Å². The van der Waals surface area contributed by atoms with Crippen LogP contribution < -0.4 is 10.5 Å². The minimum absolute atomic E-state index is 0.0714. The number of sulfonamides is 1. The molecule has 5 nitrogen and oxygen atoms in total. The number of hydrogen-bond donors (Lipinski definition) is 2. The summed E-state index contributed by atoms with van der Waals surface area (Å²) in [6, 6.07) is 4.47. The Morgan fingerprint density at radius 3 is 2.75 bits per heavy atom. The lowest BCUT2D eigenvalue weighted by atomic mass is 10.2. The van der Waals surface area contributed by atoms with Gasteiger partial charge in [0.05, 0.1) is 4.90 Å². The Morgan fingerprint density at radius 2 is 2.15 bits per heavy atom.